The zero-order valence-corrected chi connectivity index (χ0v) is 12.3. The summed E-state index contributed by atoms with van der Waals surface area (Å²) in [4.78, 5) is 4.26. The van der Waals surface area contributed by atoms with Gasteiger partial charge in [0, 0.05) is 17.8 Å². The van der Waals surface area contributed by atoms with Crippen molar-refractivity contribution >= 4 is 27.2 Å². The van der Waals surface area contributed by atoms with E-state index in [9.17, 15) is 0 Å². The molecule has 0 bridgehead atoms. The number of nitrogens with zero attached hydrogens (tertiary/aromatic N) is 2. The first kappa shape index (κ1) is 13.4. The normalized spacial score (nSPS) is 10.3. The van der Waals surface area contributed by atoms with Gasteiger partial charge in [0.15, 0.2) is 0 Å². The van der Waals surface area contributed by atoms with Gasteiger partial charge in [0.1, 0.15) is 5.75 Å². The van der Waals surface area contributed by atoms with Crippen LogP contribution in [0.1, 0.15) is 11.1 Å². The van der Waals surface area contributed by atoms with E-state index >= 15 is 0 Å². The van der Waals surface area contributed by atoms with Crippen LogP contribution in [0.2, 0.25) is 0 Å². The summed E-state index contributed by atoms with van der Waals surface area (Å²) in [7, 11) is 1.63. The molecule has 0 amide bonds. The van der Waals surface area contributed by atoms with Crippen molar-refractivity contribution in [2.75, 3.05) is 12.4 Å². The van der Waals surface area contributed by atoms with Crippen molar-refractivity contribution in [2.45, 2.75) is 6.54 Å². The summed E-state index contributed by atoms with van der Waals surface area (Å²) < 4.78 is 6.48. The molecule has 3 aromatic rings. The van der Waals surface area contributed by atoms with Gasteiger partial charge >= 0.3 is 0 Å². The molecule has 0 unspecified atom stereocenters. The number of fused-ring (bicyclic) bond motifs is 1. The Kier molecular flexibility index (Phi) is 3.71. The van der Waals surface area contributed by atoms with Crippen LogP contribution in [0.4, 0.5) is 5.69 Å². The SMILES string of the molecule is COc1ccc(C#N)cc1CNc1ccc2ncsc2c1. The molecular formula is C16H13N3OS. The average Bonchev–Trinajstić information content (AvgIpc) is 3.00. The van der Waals surface area contributed by atoms with Gasteiger partial charge in [-0.15, -0.1) is 11.3 Å². The molecule has 2 aromatic carbocycles. The van der Waals surface area contributed by atoms with Crippen molar-refractivity contribution in [2.24, 2.45) is 0 Å². The van der Waals surface area contributed by atoms with Crippen molar-refractivity contribution in [3.05, 3.63) is 53.0 Å². The van der Waals surface area contributed by atoms with Gasteiger partial charge in [-0.05, 0) is 36.4 Å². The van der Waals surface area contributed by atoms with Crippen molar-refractivity contribution in [1.29, 1.82) is 5.26 Å². The van der Waals surface area contributed by atoms with Gasteiger partial charge in [-0.25, -0.2) is 4.98 Å². The van der Waals surface area contributed by atoms with E-state index in [4.69, 9.17) is 10.00 Å². The number of aromatic nitrogens is 1. The molecule has 0 fully saturated rings. The van der Waals surface area contributed by atoms with Gasteiger partial charge in [0.05, 0.1) is 34.5 Å². The summed E-state index contributed by atoms with van der Waals surface area (Å²) in [5.74, 6) is 0.778. The number of nitriles is 1. The molecule has 3 rings (SSSR count). The molecule has 0 radical (unpaired) electrons. The summed E-state index contributed by atoms with van der Waals surface area (Å²) in [6, 6.07) is 13.6. The molecule has 0 aliphatic rings. The van der Waals surface area contributed by atoms with E-state index in [1.54, 1.807) is 24.5 Å². The van der Waals surface area contributed by atoms with E-state index in [0.717, 1.165) is 27.2 Å². The Hall–Kier alpha value is -2.58. The van der Waals surface area contributed by atoms with Crippen LogP contribution in [0.25, 0.3) is 10.2 Å². The maximum Gasteiger partial charge on any atom is 0.123 e. The standard InChI is InChI=1S/C16H13N3OS/c1-20-15-5-2-11(8-17)6-12(15)9-18-13-3-4-14-16(7-13)21-10-19-14/h2-7,10,18H,9H2,1H3. The number of hydrogen-bond acceptors (Lipinski definition) is 5. The smallest absolute Gasteiger partial charge is 0.123 e. The lowest BCUT2D eigenvalue weighted by molar-refractivity contribution is 0.410. The lowest BCUT2D eigenvalue weighted by Gasteiger charge is -2.11. The van der Waals surface area contributed by atoms with Crippen LogP contribution in [0.15, 0.2) is 41.9 Å². The Morgan fingerprint density at radius 3 is 3.00 bits per heavy atom. The quantitative estimate of drug-likeness (QED) is 0.795. The average molecular weight is 295 g/mol. The lowest BCUT2D eigenvalue weighted by Crippen LogP contribution is -2.02. The molecular weight excluding hydrogens is 282 g/mol. The number of hydrogen-bond donors (Lipinski definition) is 1. The topological polar surface area (TPSA) is 57.9 Å². The number of benzene rings is 2. The fourth-order valence-corrected chi connectivity index (χ4v) is 2.86. The third kappa shape index (κ3) is 2.81. The van der Waals surface area contributed by atoms with Crippen LogP contribution in [-0.4, -0.2) is 12.1 Å². The van der Waals surface area contributed by atoms with Crippen LogP contribution in [-0.2, 0) is 6.54 Å². The minimum Gasteiger partial charge on any atom is -0.496 e. The summed E-state index contributed by atoms with van der Waals surface area (Å²) in [5.41, 5.74) is 5.46. The Morgan fingerprint density at radius 2 is 2.19 bits per heavy atom. The molecule has 104 valence electrons. The van der Waals surface area contributed by atoms with E-state index in [0.29, 0.717) is 12.1 Å². The van der Waals surface area contributed by atoms with Crippen LogP contribution in [0.3, 0.4) is 0 Å². The largest absolute Gasteiger partial charge is 0.496 e. The number of ether oxygens (including phenoxy) is 1. The fourth-order valence-electron chi connectivity index (χ4n) is 2.15. The first-order valence-corrected chi connectivity index (χ1v) is 7.32. The third-order valence-electron chi connectivity index (χ3n) is 3.22. The lowest BCUT2D eigenvalue weighted by atomic mass is 10.1. The van der Waals surface area contributed by atoms with Crippen LogP contribution in [0.5, 0.6) is 5.75 Å². The first-order valence-electron chi connectivity index (χ1n) is 6.44. The van der Waals surface area contributed by atoms with Gasteiger partial charge in [-0.2, -0.15) is 5.26 Å². The molecule has 4 nitrogen and oxygen atoms in total. The maximum absolute atomic E-state index is 8.99. The third-order valence-corrected chi connectivity index (χ3v) is 4.02. The molecule has 21 heavy (non-hydrogen) atoms. The van der Waals surface area contributed by atoms with E-state index in [2.05, 4.69) is 22.4 Å². The Morgan fingerprint density at radius 1 is 1.29 bits per heavy atom. The molecule has 0 saturated carbocycles. The van der Waals surface area contributed by atoms with E-state index in [-0.39, 0.29) is 0 Å². The predicted molar refractivity (Wildman–Crippen MR) is 84.7 cm³/mol. The highest BCUT2D eigenvalue weighted by molar-refractivity contribution is 7.16. The second-order valence-electron chi connectivity index (χ2n) is 4.53. The zero-order valence-electron chi connectivity index (χ0n) is 11.5. The molecule has 0 saturated heterocycles. The summed E-state index contributed by atoms with van der Waals surface area (Å²) in [6.07, 6.45) is 0. The second-order valence-corrected chi connectivity index (χ2v) is 5.41. The van der Waals surface area contributed by atoms with Gasteiger partial charge in [-0.3, -0.25) is 0 Å². The number of rotatable bonds is 4. The predicted octanol–water partition coefficient (Wildman–Crippen LogP) is 3.79. The van der Waals surface area contributed by atoms with Crippen LogP contribution in [0, 0.1) is 11.3 Å². The maximum atomic E-state index is 8.99. The number of thiazole rings is 1. The molecule has 0 aliphatic heterocycles. The van der Waals surface area contributed by atoms with Crippen molar-refractivity contribution in [3.63, 3.8) is 0 Å². The van der Waals surface area contributed by atoms with Crippen molar-refractivity contribution in [3.8, 4) is 11.8 Å². The van der Waals surface area contributed by atoms with E-state index in [1.165, 1.54) is 0 Å². The van der Waals surface area contributed by atoms with Gasteiger partial charge in [0.25, 0.3) is 0 Å². The Balaban J connectivity index is 1.82. The van der Waals surface area contributed by atoms with Gasteiger partial charge < -0.3 is 10.1 Å². The summed E-state index contributed by atoms with van der Waals surface area (Å²) in [6.45, 7) is 0.600. The highest BCUT2D eigenvalue weighted by atomic mass is 32.1. The molecule has 1 heterocycles. The Labute approximate surface area is 126 Å². The van der Waals surface area contributed by atoms with Crippen molar-refractivity contribution < 1.29 is 4.74 Å². The zero-order chi connectivity index (χ0) is 14.7. The molecule has 1 N–H and O–H groups in total. The van der Waals surface area contributed by atoms with E-state index in [1.807, 2.05) is 29.8 Å². The monoisotopic (exact) mass is 295 g/mol. The number of methoxy groups -OCH3 is 1. The molecule has 5 heteroatoms. The minimum atomic E-state index is 0.600. The number of anilines is 1. The Bertz CT molecular complexity index is 820. The molecule has 1 aromatic heterocycles. The highest BCUT2D eigenvalue weighted by Crippen LogP contribution is 2.24. The summed E-state index contributed by atoms with van der Waals surface area (Å²) in [5, 5.41) is 12.3. The van der Waals surface area contributed by atoms with Crippen molar-refractivity contribution in [1.82, 2.24) is 4.98 Å². The van der Waals surface area contributed by atoms with E-state index < -0.39 is 0 Å². The minimum absolute atomic E-state index is 0.600. The summed E-state index contributed by atoms with van der Waals surface area (Å²) >= 11 is 1.62. The first-order chi connectivity index (χ1) is 10.3. The van der Waals surface area contributed by atoms with Gasteiger partial charge in [0.2, 0.25) is 0 Å². The van der Waals surface area contributed by atoms with Crippen LogP contribution < -0.4 is 10.1 Å². The number of nitrogens with one attached hydrogen (secondary N) is 1. The molecule has 0 atom stereocenters. The molecule has 0 spiro atoms. The highest BCUT2D eigenvalue weighted by Gasteiger charge is 2.05. The van der Waals surface area contributed by atoms with Crippen LogP contribution >= 0.6 is 11.3 Å². The fraction of sp³-hybridized carbons (Fsp3) is 0.125. The van der Waals surface area contributed by atoms with Gasteiger partial charge in [-0.1, -0.05) is 0 Å². The molecule has 0 aliphatic carbocycles. The second kappa shape index (κ2) is 5.81.